The van der Waals surface area contributed by atoms with Gasteiger partial charge in [0.1, 0.15) is 4.90 Å². The summed E-state index contributed by atoms with van der Waals surface area (Å²) in [5, 5.41) is 3.89. The molecule has 1 aliphatic heterocycles. The van der Waals surface area contributed by atoms with Gasteiger partial charge in [-0.2, -0.15) is 9.40 Å². The van der Waals surface area contributed by atoms with Crippen LogP contribution < -0.4 is 0 Å². The van der Waals surface area contributed by atoms with Gasteiger partial charge >= 0.3 is 0 Å². The van der Waals surface area contributed by atoms with E-state index in [0.717, 1.165) is 0 Å². The summed E-state index contributed by atoms with van der Waals surface area (Å²) >= 11 is 5.75. The van der Waals surface area contributed by atoms with Crippen LogP contribution in [0.3, 0.4) is 0 Å². The van der Waals surface area contributed by atoms with Gasteiger partial charge in [0.2, 0.25) is 10.0 Å². The second-order valence-electron chi connectivity index (χ2n) is 4.39. The Bertz CT molecular complexity index is 516. The summed E-state index contributed by atoms with van der Waals surface area (Å²) in [5.74, 6) is 0.281. The van der Waals surface area contributed by atoms with Crippen LogP contribution in [0.15, 0.2) is 17.3 Å². The zero-order chi connectivity index (χ0) is 13.3. The van der Waals surface area contributed by atoms with Crippen molar-refractivity contribution in [3.05, 3.63) is 12.4 Å². The Labute approximate surface area is 112 Å². The van der Waals surface area contributed by atoms with Gasteiger partial charge in [-0.05, 0) is 6.92 Å². The van der Waals surface area contributed by atoms with Gasteiger partial charge in [0.05, 0.1) is 18.4 Å². The minimum atomic E-state index is -3.51. The van der Waals surface area contributed by atoms with Crippen molar-refractivity contribution in [1.82, 2.24) is 14.1 Å². The Morgan fingerprint density at radius 1 is 1.56 bits per heavy atom. The van der Waals surface area contributed by atoms with Crippen molar-refractivity contribution in [1.29, 1.82) is 0 Å². The molecule has 0 aromatic carbocycles. The van der Waals surface area contributed by atoms with Crippen molar-refractivity contribution in [2.75, 3.05) is 19.0 Å². The third kappa shape index (κ3) is 2.69. The van der Waals surface area contributed by atoms with E-state index in [-0.39, 0.29) is 29.5 Å². The van der Waals surface area contributed by atoms with Crippen molar-refractivity contribution in [2.24, 2.45) is 7.05 Å². The zero-order valence-corrected chi connectivity index (χ0v) is 11.9. The highest BCUT2D eigenvalue weighted by Crippen LogP contribution is 2.21. The van der Waals surface area contributed by atoms with Crippen molar-refractivity contribution >= 4 is 21.6 Å². The first kappa shape index (κ1) is 13.8. The van der Waals surface area contributed by atoms with Crippen LogP contribution in [0.2, 0.25) is 0 Å². The highest BCUT2D eigenvalue weighted by Gasteiger charge is 2.34. The standard InChI is InChI=1S/C10H16ClN3O3S/c1-8-5-14(6-9(3-11)17-8)18(15,16)10-4-12-13(2)7-10/h4,7-9H,3,5-6H2,1-2H3. The molecule has 0 aliphatic carbocycles. The molecule has 0 amide bonds. The molecule has 2 heterocycles. The number of rotatable bonds is 3. The molecule has 102 valence electrons. The number of nitrogens with zero attached hydrogens (tertiary/aromatic N) is 3. The number of sulfonamides is 1. The summed E-state index contributed by atoms with van der Waals surface area (Å²) < 4.78 is 33.2. The molecule has 1 fully saturated rings. The third-order valence-corrected chi connectivity index (χ3v) is 4.91. The molecule has 0 spiro atoms. The molecule has 0 bridgehead atoms. The molecule has 0 N–H and O–H groups in total. The van der Waals surface area contributed by atoms with Crippen LogP contribution in [-0.4, -0.2) is 53.7 Å². The number of hydrogen-bond acceptors (Lipinski definition) is 4. The van der Waals surface area contributed by atoms with Gasteiger partial charge in [0, 0.05) is 32.2 Å². The lowest BCUT2D eigenvalue weighted by atomic mass is 10.3. The van der Waals surface area contributed by atoms with Crippen molar-refractivity contribution in [3.8, 4) is 0 Å². The van der Waals surface area contributed by atoms with Gasteiger partial charge in [0.15, 0.2) is 0 Å². The number of hydrogen-bond donors (Lipinski definition) is 0. The summed E-state index contributed by atoms with van der Waals surface area (Å²) in [6, 6.07) is 0. The van der Waals surface area contributed by atoms with Gasteiger partial charge in [-0.3, -0.25) is 4.68 Å². The Morgan fingerprint density at radius 2 is 2.28 bits per heavy atom. The lowest BCUT2D eigenvalue weighted by molar-refractivity contribution is -0.0423. The van der Waals surface area contributed by atoms with Crippen molar-refractivity contribution < 1.29 is 13.2 Å². The molecule has 18 heavy (non-hydrogen) atoms. The highest BCUT2D eigenvalue weighted by molar-refractivity contribution is 7.89. The van der Waals surface area contributed by atoms with E-state index in [2.05, 4.69) is 5.10 Å². The Balaban J connectivity index is 2.24. The van der Waals surface area contributed by atoms with Crippen molar-refractivity contribution in [2.45, 2.75) is 24.0 Å². The predicted octanol–water partition coefficient (Wildman–Crippen LogP) is 0.437. The van der Waals surface area contributed by atoms with E-state index in [0.29, 0.717) is 6.54 Å². The smallest absolute Gasteiger partial charge is 0.246 e. The molecule has 8 heteroatoms. The average molecular weight is 294 g/mol. The molecule has 0 radical (unpaired) electrons. The molecule has 1 aliphatic rings. The SMILES string of the molecule is CC1CN(S(=O)(=O)c2cnn(C)c2)CC(CCl)O1. The van der Waals surface area contributed by atoms with E-state index in [1.807, 2.05) is 6.92 Å². The first-order valence-corrected chi connectivity index (χ1v) is 7.61. The lowest BCUT2D eigenvalue weighted by Crippen LogP contribution is -2.49. The molecule has 1 aromatic rings. The minimum Gasteiger partial charge on any atom is -0.371 e. The number of aryl methyl sites for hydroxylation is 1. The number of ether oxygens (including phenoxy) is 1. The molecular weight excluding hydrogens is 278 g/mol. The molecular formula is C10H16ClN3O3S. The molecule has 2 rings (SSSR count). The van der Waals surface area contributed by atoms with Crippen LogP contribution in [0.25, 0.3) is 0 Å². The summed E-state index contributed by atoms with van der Waals surface area (Å²) in [6.45, 7) is 2.46. The Kier molecular flexibility index (Phi) is 3.96. The lowest BCUT2D eigenvalue weighted by Gasteiger charge is -2.34. The van der Waals surface area contributed by atoms with Gasteiger partial charge in [-0.1, -0.05) is 0 Å². The highest BCUT2D eigenvalue weighted by atomic mass is 35.5. The van der Waals surface area contributed by atoms with Crippen LogP contribution in [0.1, 0.15) is 6.92 Å². The van der Waals surface area contributed by atoms with Gasteiger partial charge in [-0.25, -0.2) is 8.42 Å². The maximum absolute atomic E-state index is 12.4. The van der Waals surface area contributed by atoms with Gasteiger partial charge < -0.3 is 4.74 Å². The summed E-state index contributed by atoms with van der Waals surface area (Å²) in [7, 11) is -1.82. The maximum Gasteiger partial charge on any atom is 0.246 e. The molecule has 0 saturated carbocycles. The summed E-state index contributed by atoms with van der Waals surface area (Å²) in [6.07, 6.45) is 2.42. The quantitative estimate of drug-likeness (QED) is 0.759. The molecule has 6 nitrogen and oxygen atoms in total. The molecule has 1 aromatic heterocycles. The minimum absolute atomic E-state index is 0.158. The first-order valence-electron chi connectivity index (χ1n) is 5.63. The number of alkyl halides is 1. The molecule has 2 atom stereocenters. The normalized spacial score (nSPS) is 26.4. The largest absolute Gasteiger partial charge is 0.371 e. The predicted molar refractivity (Wildman–Crippen MR) is 67.0 cm³/mol. The van der Waals surface area contributed by atoms with Crippen LogP contribution >= 0.6 is 11.6 Å². The average Bonchev–Trinajstić information content (AvgIpc) is 2.75. The fourth-order valence-electron chi connectivity index (χ4n) is 1.97. The fourth-order valence-corrected chi connectivity index (χ4v) is 3.67. The van der Waals surface area contributed by atoms with Crippen LogP contribution in [-0.2, 0) is 21.8 Å². The third-order valence-electron chi connectivity index (χ3n) is 2.78. The maximum atomic E-state index is 12.4. The molecule has 2 unspecified atom stereocenters. The topological polar surface area (TPSA) is 64.4 Å². The monoisotopic (exact) mass is 293 g/mol. The van der Waals surface area contributed by atoms with Crippen molar-refractivity contribution in [3.63, 3.8) is 0 Å². The van der Waals surface area contributed by atoms with Crippen LogP contribution in [0.4, 0.5) is 0 Å². The number of morpholine rings is 1. The van der Waals surface area contributed by atoms with E-state index < -0.39 is 10.0 Å². The van der Waals surface area contributed by atoms with E-state index >= 15 is 0 Å². The molecule has 1 saturated heterocycles. The van der Waals surface area contributed by atoms with Gasteiger partial charge in [-0.15, -0.1) is 11.6 Å². The van der Waals surface area contributed by atoms with Gasteiger partial charge in [0.25, 0.3) is 0 Å². The van der Waals surface area contributed by atoms with E-state index in [1.165, 1.54) is 21.4 Å². The zero-order valence-electron chi connectivity index (χ0n) is 10.3. The van der Waals surface area contributed by atoms with E-state index in [1.54, 1.807) is 7.05 Å². The Hall–Kier alpha value is -0.630. The second kappa shape index (κ2) is 5.16. The first-order chi connectivity index (χ1) is 8.43. The summed E-state index contributed by atoms with van der Waals surface area (Å²) in [4.78, 5) is 0.201. The van der Waals surface area contributed by atoms with Crippen LogP contribution in [0.5, 0.6) is 0 Å². The number of halogens is 1. The van der Waals surface area contributed by atoms with Crippen LogP contribution in [0, 0.1) is 0 Å². The fraction of sp³-hybridized carbons (Fsp3) is 0.700. The van der Waals surface area contributed by atoms with E-state index in [4.69, 9.17) is 16.3 Å². The Morgan fingerprint density at radius 3 is 2.83 bits per heavy atom. The summed E-state index contributed by atoms with van der Waals surface area (Å²) in [5.41, 5.74) is 0. The number of aromatic nitrogens is 2. The second-order valence-corrected chi connectivity index (χ2v) is 6.64. The van der Waals surface area contributed by atoms with E-state index in [9.17, 15) is 8.42 Å².